The van der Waals surface area contributed by atoms with E-state index in [1.54, 1.807) is 0 Å². The maximum atomic E-state index is 13.4. The van der Waals surface area contributed by atoms with Crippen LogP contribution < -0.4 is 0 Å². The van der Waals surface area contributed by atoms with E-state index in [1.807, 2.05) is 4.90 Å². The molecule has 1 saturated heterocycles. The van der Waals surface area contributed by atoms with E-state index < -0.39 is 11.6 Å². The topological polar surface area (TPSA) is 20.3 Å². The molecule has 0 spiro atoms. The zero-order valence-electron chi connectivity index (χ0n) is 8.17. The fourth-order valence-electron chi connectivity index (χ4n) is 1.66. The number of halogens is 2. The number of hydrogen-bond donors (Lipinski definition) is 0. The number of rotatable bonds is 3. The van der Waals surface area contributed by atoms with Crippen LogP contribution in [0.2, 0.25) is 0 Å². The monoisotopic (exact) mass is 211 g/mol. The summed E-state index contributed by atoms with van der Waals surface area (Å²) < 4.78 is 26.6. The predicted molar refractivity (Wildman–Crippen MR) is 51.6 cm³/mol. The Labute approximate surface area is 86.5 Å². The highest BCUT2D eigenvalue weighted by molar-refractivity contribution is 5.77. The zero-order valence-corrected chi connectivity index (χ0v) is 8.17. The second kappa shape index (κ2) is 4.06. The third-order valence-electron chi connectivity index (χ3n) is 2.69. The molecule has 0 unspecified atom stereocenters. The quantitative estimate of drug-likeness (QED) is 0.712. The summed E-state index contributed by atoms with van der Waals surface area (Å²) in [6, 6.07) is 2.05. The van der Waals surface area contributed by atoms with Crippen LogP contribution >= 0.6 is 0 Å². The molecule has 4 heteroatoms. The van der Waals surface area contributed by atoms with Crippen LogP contribution in [0.15, 0.2) is 12.1 Å². The van der Waals surface area contributed by atoms with E-state index in [0.717, 1.165) is 31.6 Å². The van der Waals surface area contributed by atoms with Crippen LogP contribution in [0.1, 0.15) is 22.3 Å². The molecule has 1 heterocycles. The van der Waals surface area contributed by atoms with Crippen LogP contribution in [0.5, 0.6) is 0 Å². The molecule has 0 atom stereocenters. The molecule has 1 aromatic carbocycles. The van der Waals surface area contributed by atoms with Gasteiger partial charge in [-0.05, 0) is 31.6 Å². The van der Waals surface area contributed by atoms with Crippen molar-refractivity contribution in [2.24, 2.45) is 0 Å². The number of carbonyl (C=O) groups is 1. The van der Waals surface area contributed by atoms with Crippen LogP contribution in [0.3, 0.4) is 0 Å². The molecule has 15 heavy (non-hydrogen) atoms. The second-order valence-electron chi connectivity index (χ2n) is 3.67. The van der Waals surface area contributed by atoms with Crippen LogP contribution in [-0.2, 0) is 6.54 Å². The number of likely N-dealkylation sites (tertiary alicyclic amines) is 1. The predicted octanol–water partition coefficient (Wildman–Crippen LogP) is 1.98. The SMILES string of the molecule is O=Cc1c(F)ccc(F)c1CN1CCC1. The molecule has 0 N–H and O–H groups in total. The average molecular weight is 211 g/mol. The fraction of sp³-hybridized carbons (Fsp3) is 0.364. The van der Waals surface area contributed by atoms with Crippen molar-refractivity contribution in [1.29, 1.82) is 0 Å². The lowest BCUT2D eigenvalue weighted by molar-refractivity contribution is 0.111. The highest BCUT2D eigenvalue weighted by Crippen LogP contribution is 2.20. The van der Waals surface area contributed by atoms with E-state index in [0.29, 0.717) is 12.8 Å². The Balaban J connectivity index is 2.33. The van der Waals surface area contributed by atoms with E-state index >= 15 is 0 Å². The fourth-order valence-corrected chi connectivity index (χ4v) is 1.66. The van der Waals surface area contributed by atoms with Crippen LogP contribution in [0.4, 0.5) is 8.78 Å². The summed E-state index contributed by atoms with van der Waals surface area (Å²) in [5, 5.41) is 0. The van der Waals surface area contributed by atoms with Gasteiger partial charge in [0, 0.05) is 12.1 Å². The largest absolute Gasteiger partial charge is 0.299 e. The van der Waals surface area contributed by atoms with Crippen molar-refractivity contribution in [2.75, 3.05) is 13.1 Å². The van der Waals surface area contributed by atoms with Gasteiger partial charge >= 0.3 is 0 Å². The van der Waals surface area contributed by atoms with Crippen molar-refractivity contribution in [3.05, 3.63) is 34.9 Å². The summed E-state index contributed by atoms with van der Waals surface area (Å²) in [4.78, 5) is 12.6. The lowest BCUT2D eigenvalue weighted by atomic mass is 10.0. The van der Waals surface area contributed by atoms with Crippen molar-refractivity contribution < 1.29 is 13.6 Å². The second-order valence-corrected chi connectivity index (χ2v) is 3.67. The third kappa shape index (κ3) is 1.90. The Morgan fingerprint density at radius 3 is 2.47 bits per heavy atom. The number of aldehydes is 1. The molecule has 0 aromatic heterocycles. The number of hydrogen-bond acceptors (Lipinski definition) is 2. The molecule has 1 aliphatic rings. The van der Waals surface area contributed by atoms with Crippen molar-refractivity contribution in [1.82, 2.24) is 4.90 Å². The minimum atomic E-state index is -0.651. The molecule has 1 aromatic rings. The van der Waals surface area contributed by atoms with E-state index in [-0.39, 0.29) is 11.1 Å². The Morgan fingerprint density at radius 1 is 1.27 bits per heavy atom. The van der Waals surface area contributed by atoms with Gasteiger partial charge in [-0.25, -0.2) is 8.78 Å². The van der Waals surface area contributed by atoms with Crippen molar-refractivity contribution in [3.63, 3.8) is 0 Å². The third-order valence-corrected chi connectivity index (χ3v) is 2.69. The molecule has 0 saturated carbocycles. The van der Waals surface area contributed by atoms with Crippen LogP contribution in [0.25, 0.3) is 0 Å². The molecule has 2 rings (SSSR count). The Hall–Kier alpha value is -1.29. The van der Waals surface area contributed by atoms with Gasteiger partial charge in [-0.2, -0.15) is 0 Å². The maximum Gasteiger partial charge on any atom is 0.153 e. The van der Waals surface area contributed by atoms with E-state index in [9.17, 15) is 13.6 Å². The molecular formula is C11H11F2NO. The lowest BCUT2D eigenvalue weighted by Gasteiger charge is -2.31. The van der Waals surface area contributed by atoms with Crippen molar-refractivity contribution in [3.8, 4) is 0 Å². The number of carbonyl (C=O) groups excluding carboxylic acids is 1. The summed E-state index contributed by atoms with van der Waals surface area (Å²) >= 11 is 0. The molecular weight excluding hydrogens is 200 g/mol. The van der Waals surface area contributed by atoms with Gasteiger partial charge in [0.25, 0.3) is 0 Å². The Kier molecular flexibility index (Phi) is 2.77. The van der Waals surface area contributed by atoms with Crippen molar-refractivity contribution in [2.45, 2.75) is 13.0 Å². The Bertz CT molecular complexity index is 388. The minimum absolute atomic E-state index is 0.151. The van der Waals surface area contributed by atoms with Crippen molar-refractivity contribution >= 4 is 6.29 Å². The van der Waals surface area contributed by atoms with Crippen LogP contribution in [0, 0.1) is 11.6 Å². The molecule has 2 nitrogen and oxygen atoms in total. The molecule has 1 fully saturated rings. The maximum absolute atomic E-state index is 13.4. The number of benzene rings is 1. The van der Waals surface area contributed by atoms with E-state index in [4.69, 9.17) is 0 Å². The van der Waals surface area contributed by atoms with Gasteiger partial charge in [0.05, 0.1) is 5.56 Å². The first-order valence-corrected chi connectivity index (χ1v) is 4.87. The minimum Gasteiger partial charge on any atom is -0.299 e. The molecule has 0 aliphatic carbocycles. The van der Waals surface area contributed by atoms with Gasteiger partial charge in [-0.1, -0.05) is 0 Å². The summed E-state index contributed by atoms with van der Waals surface area (Å²) in [5.41, 5.74) is 0.0200. The normalized spacial score (nSPS) is 16.1. The zero-order chi connectivity index (χ0) is 10.8. The lowest BCUT2D eigenvalue weighted by Crippen LogP contribution is -2.36. The first-order chi connectivity index (χ1) is 7.22. The average Bonchev–Trinajstić information content (AvgIpc) is 2.16. The van der Waals surface area contributed by atoms with Gasteiger partial charge in [-0.15, -0.1) is 0 Å². The first kappa shape index (κ1) is 10.2. The standard InChI is InChI=1S/C11H11F2NO/c12-10-2-3-11(13)9(7-15)8(10)6-14-4-1-5-14/h2-3,7H,1,4-6H2. The first-order valence-electron chi connectivity index (χ1n) is 4.87. The van der Waals surface area contributed by atoms with E-state index in [1.165, 1.54) is 0 Å². The molecule has 0 bridgehead atoms. The molecule has 1 aliphatic heterocycles. The van der Waals surface area contributed by atoms with Gasteiger partial charge in [-0.3, -0.25) is 9.69 Å². The van der Waals surface area contributed by atoms with Gasteiger partial charge < -0.3 is 0 Å². The highest BCUT2D eigenvalue weighted by Gasteiger charge is 2.19. The summed E-state index contributed by atoms with van der Waals surface area (Å²) in [5.74, 6) is -1.16. The van der Waals surface area contributed by atoms with Gasteiger partial charge in [0.1, 0.15) is 11.6 Å². The number of nitrogens with zero attached hydrogens (tertiary/aromatic N) is 1. The van der Waals surface area contributed by atoms with E-state index in [2.05, 4.69) is 0 Å². The summed E-state index contributed by atoms with van der Waals surface area (Å²) in [6.45, 7) is 2.08. The molecule has 0 amide bonds. The van der Waals surface area contributed by atoms with Crippen LogP contribution in [-0.4, -0.2) is 24.3 Å². The highest BCUT2D eigenvalue weighted by atomic mass is 19.1. The van der Waals surface area contributed by atoms with Gasteiger partial charge in [0.2, 0.25) is 0 Å². The van der Waals surface area contributed by atoms with Gasteiger partial charge in [0.15, 0.2) is 6.29 Å². The summed E-state index contributed by atoms with van der Waals surface area (Å²) in [7, 11) is 0. The molecule has 80 valence electrons. The Morgan fingerprint density at radius 2 is 1.93 bits per heavy atom. The summed E-state index contributed by atoms with van der Waals surface area (Å²) in [6.07, 6.45) is 1.46. The smallest absolute Gasteiger partial charge is 0.153 e. The molecule has 0 radical (unpaired) electrons.